The van der Waals surface area contributed by atoms with E-state index >= 15 is 0 Å². The number of carbonyl (C=O) groups is 2. The van der Waals surface area contributed by atoms with E-state index in [2.05, 4.69) is 5.32 Å². The van der Waals surface area contributed by atoms with Gasteiger partial charge in [0, 0.05) is 6.07 Å². The van der Waals surface area contributed by atoms with Crippen molar-refractivity contribution in [3.05, 3.63) is 27.1 Å². The average Bonchev–Trinajstić information content (AvgIpc) is 2.96. The van der Waals surface area contributed by atoms with E-state index in [1.54, 1.807) is 0 Å². The lowest BCUT2D eigenvalue weighted by Gasteiger charge is -2.14. The molecule has 1 aromatic rings. The molecule has 0 bridgehead atoms. The predicted molar refractivity (Wildman–Crippen MR) is 64.2 cm³/mol. The summed E-state index contributed by atoms with van der Waals surface area (Å²) in [6, 6.07) is 1.95. The zero-order valence-electron chi connectivity index (χ0n) is 9.57. The van der Waals surface area contributed by atoms with E-state index in [1.165, 1.54) is 12.1 Å². The molecule has 0 aromatic carbocycles. The summed E-state index contributed by atoms with van der Waals surface area (Å²) in [5, 5.41) is 21.8. The van der Waals surface area contributed by atoms with E-state index in [4.69, 9.17) is 9.84 Å². The highest BCUT2D eigenvalue weighted by Gasteiger charge is 2.35. The largest absolute Gasteiger partial charge is 0.481 e. The highest BCUT2D eigenvalue weighted by atomic mass is 32.1. The Kier molecular flexibility index (Phi) is 3.76. The molecule has 2 heterocycles. The third kappa shape index (κ3) is 2.88. The summed E-state index contributed by atoms with van der Waals surface area (Å²) >= 11 is 0.743. The molecule has 2 unspecified atom stereocenters. The Morgan fingerprint density at radius 1 is 1.47 bits per heavy atom. The maximum atomic E-state index is 11.8. The van der Waals surface area contributed by atoms with Crippen LogP contribution in [0.4, 0.5) is 5.00 Å². The zero-order valence-corrected chi connectivity index (χ0v) is 10.4. The van der Waals surface area contributed by atoms with Crippen molar-refractivity contribution in [1.29, 1.82) is 0 Å². The fourth-order valence-corrected chi connectivity index (χ4v) is 2.45. The van der Waals surface area contributed by atoms with Crippen molar-refractivity contribution in [3.63, 3.8) is 0 Å². The van der Waals surface area contributed by atoms with Crippen LogP contribution in [0.15, 0.2) is 12.1 Å². The van der Waals surface area contributed by atoms with Crippen molar-refractivity contribution in [1.82, 2.24) is 5.32 Å². The highest BCUT2D eigenvalue weighted by Crippen LogP contribution is 2.24. The van der Waals surface area contributed by atoms with Crippen molar-refractivity contribution in [2.45, 2.75) is 6.04 Å². The Morgan fingerprint density at radius 2 is 2.21 bits per heavy atom. The lowest BCUT2D eigenvalue weighted by Crippen LogP contribution is -2.42. The van der Waals surface area contributed by atoms with Crippen molar-refractivity contribution in [3.8, 4) is 0 Å². The quantitative estimate of drug-likeness (QED) is 0.614. The normalized spacial score (nSPS) is 22.1. The molecule has 1 saturated heterocycles. The topological polar surface area (TPSA) is 119 Å². The minimum Gasteiger partial charge on any atom is -0.481 e. The molecule has 1 aliphatic heterocycles. The fraction of sp³-hybridized carbons (Fsp3) is 0.400. The maximum Gasteiger partial charge on any atom is 0.324 e. The Labute approximate surface area is 111 Å². The first-order valence-electron chi connectivity index (χ1n) is 5.34. The van der Waals surface area contributed by atoms with Gasteiger partial charge in [0.25, 0.3) is 5.91 Å². The summed E-state index contributed by atoms with van der Waals surface area (Å²) < 4.78 is 5.01. The van der Waals surface area contributed by atoms with Crippen LogP contribution in [0.1, 0.15) is 9.67 Å². The first-order valence-corrected chi connectivity index (χ1v) is 6.16. The van der Waals surface area contributed by atoms with Crippen molar-refractivity contribution in [2.75, 3.05) is 13.2 Å². The van der Waals surface area contributed by atoms with Gasteiger partial charge in [-0.05, 0) is 6.07 Å². The lowest BCUT2D eigenvalue weighted by molar-refractivity contribution is -0.380. The number of ether oxygens (including phenoxy) is 1. The molecule has 1 fully saturated rings. The van der Waals surface area contributed by atoms with E-state index < -0.39 is 28.8 Å². The number of nitro groups is 1. The monoisotopic (exact) mass is 286 g/mol. The second-order valence-electron chi connectivity index (χ2n) is 3.96. The van der Waals surface area contributed by atoms with E-state index in [-0.39, 0.29) is 23.1 Å². The number of carboxylic acid groups (broad SMARTS) is 1. The van der Waals surface area contributed by atoms with Gasteiger partial charge in [0.15, 0.2) is 0 Å². The summed E-state index contributed by atoms with van der Waals surface area (Å²) in [6.45, 7) is 0.168. The molecule has 19 heavy (non-hydrogen) atoms. The smallest absolute Gasteiger partial charge is 0.324 e. The van der Waals surface area contributed by atoms with Gasteiger partial charge in [-0.3, -0.25) is 19.7 Å². The molecule has 2 rings (SSSR count). The summed E-state index contributed by atoms with van der Waals surface area (Å²) in [4.78, 5) is 32.8. The second kappa shape index (κ2) is 5.33. The van der Waals surface area contributed by atoms with Gasteiger partial charge in [-0.1, -0.05) is 11.3 Å². The number of carboxylic acids is 1. The number of hydrogen-bond donors (Lipinski definition) is 2. The van der Waals surface area contributed by atoms with Gasteiger partial charge in [-0.2, -0.15) is 0 Å². The predicted octanol–water partition coefficient (Wildman–Crippen LogP) is 0.486. The van der Waals surface area contributed by atoms with Crippen molar-refractivity contribution < 1.29 is 24.4 Å². The van der Waals surface area contributed by atoms with Crippen molar-refractivity contribution >= 4 is 28.2 Å². The van der Waals surface area contributed by atoms with Crippen LogP contribution in [0.2, 0.25) is 0 Å². The van der Waals surface area contributed by atoms with E-state index in [1.807, 2.05) is 0 Å². The molecule has 2 atom stereocenters. The first kappa shape index (κ1) is 13.4. The lowest BCUT2D eigenvalue weighted by atomic mass is 10.0. The van der Waals surface area contributed by atoms with Crippen LogP contribution in [0, 0.1) is 16.0 Å². The molecule has 1 amide bonds. The van der Waals surface area contributed by atoms with Gasteiger partial charge in [-0.15, -0.1) is 0 Å². The second-order valence-corrected chi connectivity index (χ2v) is 5.02. The standard InChI is InChI=1S/C10H10N2O6S/c13-9(7-1-2-8(19-7)12(16)17)11-6-4-18-3-5(6)10(14)15/h1-2,5-6H,3-4H2,(H,11,13)(H,14,15). The van der Waals surface area contributed by atoms with Crippen LogP contribution in [0.3, 0.4) is 0 Å². The Balaban J connectivity index is 2.04. The highest BCUT2D eigenvalue weighted by molar-refractivity contribution is 7.17. The number of nitrogens with zero attached hydrogens (tertiary/aromatic N) is 1. The van der Waals surface area contributed by atoms with Crippen LogP contribution in [0.5, 0.6) is 0 Å². The molecule has 9 heteroatoms. The summed E-state index contributed by atoms with van der Waals surface area (Å²) in [5.41, 5.74) is 0. The van der Waals surface area contributed by atoms with Gasteiger partial charge >= 0.3 is 11.0 Å². The third-order valence-electron chi connectivity index (χ3n) is 2.71. The van der Waals surface area contributed by atoms with E-state index in [9.17, 15) is 19.7 Å². The first-order chi connectivity index (χ1) is 8.99. The number of carbonyl (C=O) groups excluding carboxylic acids is 1. The third-order valence-corrected chi connectivity index (χ3v) is 3.75. The molecule has 2 N–H and O–H groups in total. The molecule has 0 saturated carbocycles. The number of amides is 1. The molecule has 8 nitrogen and oxygen atoms in total. The SMILES string of the molecule is O=C(NC1COCC1C(=O)O)c1ccc([N+](=O)[O-])s1. The summed E-state index contributed by atoms with van der Waals surface area (Å²) in [6.07, 6.45) is 0. The Morgan fingerprint density at radius 3 is 2.79 bits per heavy atom. The molecule has 0 radical (unpaired) electrons. The fourth-order valence-electron chi connectivity index (χ4n) is 1.73. The molecular formula is C10H10N2O6S. The summed E-state index contributed by atoms with van der Waals surface area (Å²) in [5.74, 6) is -2.36. The molecule has 0 aliphatic carbocycles. The summed E-state index contributed by atoms with van der Waals surface area (Å²) in [7, 11) is 0. The average molecular weight is 286 g/mol. The maximum absolute atomic E-state index is 11.8. The van der Waals surface area contributed by atoms with Gasteiger partial charge in [-0.25, -0.2) is 0 Å². The van der Waals surface area contributed by atoms with Crippen LogP contribution in [-0.2, 0) is 9.53 Å². The number of nitrogens with one attached hydrogen (secondary N) is 1. The molecule has 0 spiro atoms. The Hall–Kier alpha value is -2.00. The number of thiophene rings is 1. The van der Waals surface area contributed by atoms with Gasteiger partial charge < -0.3 is 15.2 Å². The van der Waals surface area contributed by atoms with E-state index in [0.29, 0.717) is 0 Å². The molecule has 1 aliphatic rings. The van der Waals surface area contributed by atoms with Gasteiger partial charge in [0.05, 0.1) is 29.1 Å². The van der Waals surface area contributed by atoms with Gasteiger partial charge in [0.1, 0.15) is 5.92 Å². The number of rotatable bonds is 4. The van der Waals surface area contributed by atoms with Crippen molar-refractivity contribution in [2.24, 2.45) is 5.92 Å². The minimum atomic E-state index is -1.04. The van der Waals surface area contributed by atoms with Gasteiger partial charge in [0.2, 0.25) is 0 Å². The molecule has 1 aromatic heterocycles. The number of aliphatic carboxylic acids is 1. The minimum absolute atomic E-state index is 0.0465. The van der Waals surface area contributed by atoms with Crippen LogP contribution < -0.4 is 5.32 Å². The zero-order chi connectivity index (χ0) is 14.0. The Bertz CT molecular complexity index is 528. The number of hydrogen-bond acceptors (Lipinski definition) is 6. The molecular weight excluding hydrogens is 276 g/mol. The van der Waals surface area contributed by atoms with Crippen LogP contribution in [-0.4, -0.2) is 41.2 Å². The van der Waals surface area contributed by atoms with Crippen LogP contribution in [0.25, 0.3) is 0 Å². The van der Waals surface area contributed by atoms with Crippen LogP contribution >= 0.6 is 11.3 Å². The van der Waals surface area contributed by atoms with E-state index in [0.717, 1.165) is 11.3 Å². The molecule has 102 valence electrons.